The molecule has 0 unspecified atom stereocenters. The highest BCUT2D eigenvalue weighted by atomic mass is 32.2. The summed E-state index contributed by atoms with van der Waals surface area (Å²) in [6.45, 7) is 4.05. The molecule has 0 aromatic heterocycles. The molecule has 1 heterocycles. The average Bonchev–Trinajstić information content (AvgIpc) is 2.55. The van der Waals surface area contributed by atoms with Crippen molar-refractivity contribution >= 4 is 35.1 Å². The standard InChI is InChI=1S/C15H22N4O2S/c1-11-9-12(19-5-7-22-8-6-19)3-4-13(11)18-15(21)17-10-14(20)16-2/h3-4,9H,5-8,10H2,1-2H3,(H,16,20)(H2,17,18,21). The van der Waals surface area contributed by atoms with Gasteiger partial charge in [-0.1, -0.05) is 0 Å². The summed E-state index contributed by atoms with van der Waals surface area (Å²) in [5.74, 6) is 2.08. The van der Waals surface area contributed by atoms with Crippen molar-refractivity contribution in [3.63, 3.8) is 0 Å². The predicted octanol–water partition coefficient (Wildman–Crippen LogP) is 1.42. The molecular formula is C15H22N4O2S. The second-order valence-corrected chi connectivity index (χ2v) is 6.30. The number of carbonyl (C=O) groups is 2. The summed E-state index contributed by atoms with van der Waals surface area (Å²) in [6.07, 6.45) is 0. The molecule has 7 heteroatoms. The largest absolute Gasteiger partial charge is 0.370 e. The molecule has 6 nitrogen and oxygen atoms in total. The van der Waals surface area contributed by atoms with Gasteiger partial charge in [-0.15, -0.1) is 0 Å². The zero-order chi connectivity index (χ0) is 15.9. The first-order valence-electron chi connectivity index (χ1n) is 7.29. The van der Waals surface area contributed by atoms with Crippen LogP contribution in [0.5, 0.6) is 0 Å². The van der Waals surface area contributed by atoms with Crippen LogP contribution in [-0.4, -0.2) is 50.1 Å². The molecule has 1 saturated heterocycles. The maximum Gasteiger partial charge on any atom is 0.319 e. The van der Waals surface area contributed by atoms with Crippen molar-refractivity contribution in [2.24, 2.45) is 0 Å². The minimum absolute atomic E-state index is 0.0368. The van der Waals surface area contributed by atoms with Gasteiger partial charge >= 0.3 is 6.03 Å². The molecule has 1 aliphatic rings. The van der Waals surface area contributed by atoms with Crippen LogP contribution < -0.4 is 20.9 Å². The first kappa shape index (κ1) is 16.5. The Hall–Kier alpha value is -1.89. The van der Waals surface area contributed by atoms with Gasteiger partial charge in [0.15, 0.2) is 0 Å². The maximum absolute atomic E-state index is 11.8. The first-order valence-corrected chi connectivity index (χ1v) is 8.44. The number of rotatable bonds is 4. The van der Waals surface area contributed by atoms with Gasteiger partial charge in [0, 0.05) is 43.0 Å². The summed E-state index contributed by atoms with van der Waals surface area (Å²) in [4.78, 5) is 25.2. The number of nitrogens with one attached hydrogen (secondary N) is 3. The summed E-state index contributed by atoms with van der Waals surface area (Å²) < 4.78 is 0. The lowest BCUT2D eigenvalue weighted by Gasteiger charge is -2.29. The predicted molar refractivity (Wildman–Crippen MR) is 91.8 cm³/mol. The third kappa shape index (κ3) is 4.56. The fourth-order valence-electron chi connectivity index (χ4n) is 2.22. The van der Waals surface area contributed by atoms with Gasteiger partial charge in [0.2, 0.25) is 5.91 Å². The highest BCUT2D eigenvalue weighted by Gasteiger charge is 2.13. The quantitative estimate of drug-likeness (QED) is 0.784. The number of hydrogen-bond donors (Lipinski definition) is 3. The van der Waals surface area contributed by atoms with Crippen LogP contribution in [0, 0.1) is 6.92 Å². The Bertz CT molecular complexity index is 544. The lowest BCUT2D eigenvalue weighted by atomic mass is 10.1. The zero-order valence-corrected chi connectivity index (χ0v) is 13.8. The second kappa shape index (κ2) is 7.93. The summed E-state index contributed by atoms with van der Waals surface area (Å²) in [5.41, 5.74) is 2.95. The van der Waals surface area contributed by atoms with Crippen molar-refractivity contribution in [1.29, 1.82) is 0 Å². The number of aryl methyl sites for hydroxylation is 1. The van der Waals surface area contributed by atoms with Gasteiger partial charge < -0.3 is 20.9 Å². The molecule has 0 bridgehead atoms. The minimum atomic E-state index is -0.381. The van der Waals surface area contributed by atoms with Crippen LogP contribution in [0.15, 0.2) is 18.2 Å². The van der Waals surface area contributed by atoms with Crippen LogP contribution in [0.25, 0.3) is 0 Å². The summed E-state index contributed by atoms with van der Waals surface area (Å²) >= 11 is 1.98. The molecule has 3 N–H and O–H groups in total. The molecule has 22 heavy (non-hydrogen) atoms. The van der Waals surface area contributed by atoms with Crippen LogP contribution in [0.4, 0.5) is 16.2 Å². The smallest absolute Gasteiger partial charge is 0.319 e. The monoisotopic (exact) mass is 322 g/mol. The third-order valence-corrected chi connectivity index (χ3v) is 4.47. The molecule has 1 fully saturated rings. The molecule has 120 valence electrons. The Kier molecular flexibility index (Phi) is 5.94. The Morgan fingerprint density at radius 1 is 1.27 bits per heavy atom. The van der Waals surface area contributed by atoms with Gasteiger partial charge in [0.25, 0.3) is 0 Å². The number of hydrogen-bond acceptors (Lipinski definition) is 4. The van der Waals surface area contributed by atoms with Crippen LogP contribution >= 0.6 is 11.8 Å². The van der Waals surface area contributed by atoms with Crippen LogP contribution in [-0.2, 0) is 4.79 Å². The molecule has 1 aromatic rings. The van der Waals surface area contributed by atoms with Crippen molar-refractivity contribution in [2.75, 3.05) is 48.4 Å². The summed E-state index contributed by atoms with van der Waals surface area (Å²) in [7, 11) is 1.53. The van der Waals surface area contributed by atoms with Gasteiger partial charge in [0.1, 0.15) is 0 Å². The van der Waals surface area contributed by atoms with Gasteiger partial charge in [-0.05, 0) is 30.7 Å². The van der Waals surface area contributed by atoms with E-state index in [4.69, 9.17) is 0 Å². The molecule has 3 amide bonds. The number of urea groups is 1. The Morgan fingerprint density at radius 3 is 2.64 bits per heavy atom. The molecule has 0 radical (unpaired) electrons. The maximum atomic E-state index is 11.8. The molecule has 1 aliphatic heterocycles. The van der Waals surface area contributed by atoms with Crippen molar-refractivity contribution < 1.29 is 9.59 Å². The van der Waals surface area contributed by atoms with Crippen LogP contribution in [0.1, 0.15) is 5.56 Å². The third-order valence-electron chi connectivity index (χ3n) is 3.52. The molecule has 0 aliphatic carbocycles. The van der Waals surface area contributed by atoms with E-state index in [-0.39, 0.29) is 18.5 Å². The van der Waals surface area contributed by atoms with E-state index in [1.54, 1.807) is 0 Å². The summed E-state index contributed by atoms with van der Waals surface area (Å²) in [6, 6.07) is 5.64. The number of benzene rings is 1. The summed E-state index contributed by atoms with van der Waals surface area (Å²) in [5, 5.41) is 7.73. The van der Waals surface area contributed by atoms with E-state index in [1.165, 1.54) is 12.7 Å². The number of carbonyl (C=O) groups excluding carboxylic acids is 2. The number of nitrogens with zero attached hydrogens (tertiary/aromatic N) is 1. The van der Waals surface area contributed by atoms with E-state index in [0.29, 0.717) is 0 Å². The Balaban J connectivity index is 1.94. The van der Waals surface area contributed by atoms with Crippen molar-refractivity contribution in [3.05, 3.63) is 23.8 Å². The number of anilines is 2. The van der Waals surface area contributed by atoms with E-state index in [9.17, 15) is 9.59 Å². The SMILES string of the molecule is CNC(=O)CNC(=O)Nc1ccc(N2CCSCC2)cc1C. The Morgan fingerprint density at radius 2 is 2.00 bits per heavy atom. The van der Waals surface area contributed by atoms with Gasteiger partial charge in [-0.2, -0.15) is 11.8 Å². The van der Waals surface area contributed by atoms with Crippen molar-refractivity contribution in [2.45, 2.75) is 6.92 Å². The van der Waals surface area contributed by atoms with Gasteiger partial charge in [-0.25, -0.2) is 4.79 Å². The average molecular weight is 322 g/mol. The van der Waals surface area contributed by atoms with Crippen molar-refractivity contribution in [3.8, 4) is 0 Å². The van der Waals surface area contributed by atoms with Gasteiger partial charge in [0.05, 0.1) is 6.54 Å². The van der Waals surface area contributed by atoms with E-state index < -0.39 is 0 Å². The Labute approximate surface area is 135 Å². The number of amides is 3. The molecule has 0 atom stereocenters. The minimum Gasteiger partial charge on any atom is -0.370 e. The number of likely N-dealkylation sites (N-methyl/N-ethyl adjacent to an activating group) is 1. The lowest BCUT2D eigenvalue weighted by molar-refractivity contribution is -0.119. The highest BCUT2D eigenvalue weighted by Crippen LogP contribution is 2.24. The fourth-order valence-corrected chi connectivity index (χ4v) is 3.12. The van der Waals surface area contributed by atoms with Crippen molar-refractivity contribution in [1.82, 2.24) is 10.6 Å². The lowest BCUT2D eigenvalue weighted by Crippen LogP contribution is -2.37. The van der Waals surface area contributed by atoms with Crippen LogP contribution in [0.3, 0.4) is 0 Å². The molecule has 0 saturated carbocycles. The molecular weight excluding hydrogens is 300 g/mol. The zero-order valence-electron chi connectivity index (χ0n) is 12.9. The normalized spacial score (nSPS) is 14.4. The van der Waals surface area contributed by atoms with E-state index >= 15 is 0 Å². The molecule has 2 rings (SSSR count). The van der Waals surface area contributed by atoms with E-state index in [1.807, 2.05) is 30.8 Å². The molecule has 1 aromatic carbocycles. The van der Waals surface area contributed by atoms with Crippen LogP contribution in [0.2, 0.25) is 0 Å². The van der Waals surface area contributed by atoms with Gasteiger partial charge in [-0.3, -0.25) is 4.79 Å². The second-order valence-electron chi connectivity index (χ2n) is 5.08. The highest BCUT2D eigenvalue weighted by molar-refractivity contribution is 7.99. The first-order chi connectivity index (χ1) is 10.6. The van der Waals surface area contributed by atoms with E-state index in [0.717, 1.165) is 35.8 Å². The topological polar surface area (TPSA) is 73.5 Å². The van der Waals surface area contributed by atoms with E-state index in [2.05, 4.69) is 26.9 Å². The fraction of sp³-hybridized carbons (Fsp3) is 0.467. The molecule has 0 spiro atoms. The number of thioether (sulfide) groups is 1.